The molecule has 2 atom stereocenters. The molecule has 0 radical (unpaired) electrons. The van der Waals surface area contributed by atoms with Crippen molar-refractivity contribution in [2.45, 2.75) is 58.8 Å². The average molecular weight is 489 g/mol. The molecular formula is C27H37ClN2O4. The first-order valence-corrected chi connectivity index (χ1v) is 12.2. The highest BCUT2D eigenvalue weighted by molar-refractivity contribution is 6.18. The molecule has 1 heterocycles. The number of ether oxygens (including phenoxy) is 2. The summed E-state index contributed by atoms with van der Waals surface area (Å²) in [6.07, 6.45) is 3.87. The molecule has 0 bridgehead atoms. The van der Waals surface area contributed by atoms with E-state index in [4.69, 9.17) is 21.1 Å². The molecule has 2 aromatic carbocycles. The second-order valence-electron chi connectivity index (χ2n) is 8.47. The van der Waals surface area contributed by atoms with Crippen molar-refractivity contribution in [1.29, 1.82) is 0 Å². The Bertz CT molecular complexity index is 975. The van der Waals surface area contributed by atoms with Gasteiger partial charge in [-0.3, -0.25) is 0 Å². The van der Waals surface area contributed by atoms with Crippen molar-refractivity contribution >= 4 is 11.6 Å². The molecule has 3 aromatic rings. The highest BCUT2D eigenvalue weighted by Crippen LogP contribution is 2.34. The molecule has 7 heteroatoms. The Morgan fingerprint density at radius 1 is 0.971 bits per heavy atom. The van der Waals surface area contributed by atoms with Gasteiger partial charge in [-0.1, -0.05) is 52.0 Å². The fourth-order valence-electron chi connectivity index (χ4n) is 3.45. The van der Waals surface area contributed by atoms with Gasteiger partial charge < -0.3 is 24.3 Å². The number of aryl methyl sites for hydroxylation is 1. The smallest absolute Gasteiger partial charge is 0.122 e. The van der Waals surface area contributed by atoms with Gasteiger partial charge in [0.15, 0.2) is 0 Å². The van der Waals surface area contributed by atoms with Gasteiger partial charge in [-0.25, -0.2) is 4.98 Å². The lowest BCUT2D eigenvalue weighted by atomic mass is 9.77. The number of hydrogen-bond acceptors (Lipinski definition) is 5. The molecule has 3 rings (SSSR count). The zero-order valence-electron chi connectivity index (χ0n) is 20.7. The highest BCUT2D eigenvalue weighted by Gasteiger charge is 2.24. The minimum absolute atomic E-state index is 0.146. The molecule has 0 saturated carbocycles. The largest absolute Gasteiger partial charge is 0.491 e. The van der Waals surface area contributed by atoms with E-state index in [1.165, 1.54) is 0 Å². The Hall–Kier alpha value is -2.54. The number of nitrogens with zero attached hydrogens (tertiary/aromatic N) is 2. The van der Waals surface area contributed by atoms with Gasteiger partial charge in [0.2, 0.25) is 0 Å². The van der Waals surface area contributed by atoms with E-state index >= 15 is 0 Å². The van der Waals surface area contributed by atoms with Crippen LogP contribution in [0.25, 0.3) is 0 Å². The summed E-state index contributed by atoms with van der Waals surface area (Å²) in [4.78, 5) is 3.97. The number of aliphatic hydroxyl groups excluding tert-OH is 2. The summed E-state index contributed by atoms with van der Waals surface area (Å²) in [5, 5.41) is 19.7. The number of imidazole rings is 1. The first-order valence-electron chi connectivity index (χ1n) is 11.6. The molecule has 2 unspecified atom stereocenters. The second kappa shape index (κ2) is 13.4. The van der Waals surface area contributed by atoms with E-state index < -0.39 is 12.2 Å². The van der Waals surface area contributed by atoms with Crippen LogP contribution in [-0.2, 0) is 12.0 Å². The Morgan fingerprint density at radius 2 is 1.62 bits per heavy atom. The normalized spacial score (nSPS) is 12.9. The van der Waals surface area contributed by atoms with Gasteiger partial charge in [-0.05, 0) is 41.8 Å². The van der Waals surface area contributed by atoms with Crippen LogP contribution in [-0.4, -0.2) is 51.1 Å². The number of halogens is 1. The Kier molecular flexibility index (Phi) is 10.9. The van der Waals surface area contributed by atoms with Gasteiger partial charge in [-0.15, -0.1) is 11.6 Å². The van der Waals surface area contributed by atoms with Crippen molar-refractivity contribution in [2.75, 3.05) is 19.1 Å². The first-order chi connectivity index (χ1) is 16.3. The first kappa shape index (κ1) is 27.7. The predicted octanol–water partition coefficient (Wildman–Crippen LogP) is 4.96. The topological polar surface area (TPSA) is 76.7 Å². The van der Waals surface area contributed by atoms with Crippen LogP contribution in [0.3, 0.4) is 0 Å². The number of hydrogen-bond donors (Lipinski definition) is 2. The third kappa shape index (κ3) is 7.76. The minimum atomic E-state index is -0.681. The van der Waals surface area contributed by atoms with E-state index in [2.05, 4.69) is 24.9 Å². The number of alkyl halides is 1. The van der Waals surface area contributed by atoms with E-state index in [1.807, 2.05) is 67.9 Å². The van der Waals surface area contributed by atoms with Gasteiger partial charge in [0.25, 0.3) is 0 Å². The van der Waals surface area contributed by atoms with Crippen LogP contribution in [0.15, 0.2) is 61.2 Å². The quantitative estimate of drug-likeness (QED) is 0.373. The average Bonchev–Trinajstić information content (AvgIpc) is 3.36. The van der Waals surface area contributed by atoms with Gasteiger partial charge in [-0.2, -0.15) is 0 Å². The summed E-state index contributed by atoms with van der Waals surface area (Å²) in [7, 11) is 0. The molecule has 0 amide bonds. The van der Waals surface area contributed by atoms with Crippen molar-refractivity contribution in [1.82, 2.24) is 9.55 Å². The maximum atomic E-state index is 10.1. The van der Waals surface area contributed by atoms with Crippen LogP contribution in [0.5, 0.6) is 11.5 Å². The van der Waals surface area contributed by atoms with E-state index in [-0.39, 0.29) is 24.5 Å². The molecular weight excluding hydrogens is 452 g/mol. The zero-order valence-corrected chi connectivity index (χ0v) is 21.5. The summed E-state index contributed by atoms with van der Waals surface area (Å²) < 4.78 is 13.2. The Balaban J connectivity index is 0.00000199. The van der Waals surface area contributed by atoms with Crippen LogP contribution in [0, 0.1) is 6.92 Å². The molecule has 6 nitrogen and oxygen atoms in total. The van der Waals surface area contributed by atoms with Gasteiger partial charge in [0, 0.05) is 17.8 Å². The lowest BCUT2D eigenvalue weighted by Crippen LogP contribution is -2.23. The van der Waals surface area contributed by atoms with Crippen LogP contribution in [0.1, 0.15) is 44.4 Å². The van der Waals surface area contributed by atoms with Gasteiger partial charge >= 0.3 is 0 Å². The van der Waals surface area contributed by atoms with E-state index in [1.54, 1.807) is 12.5 Å². The van der Waals surface area contributed by atoms with Crippen LogP contribution in [0.2, 0.25) is 0 Å². The fourth-order valence-corrected chi connectivity index (χ4v) is 3.54. The van der Waals surface area contributed by atoms with Crippen molar-refractivity contribution in [3.63, 3.8) is 0 Å². The third-order valence-electron chi connectivity index (χ3n) is 5.51. The minimum Gasteiger partial charge on any atom is -0.491 e. The standard InChI is InChI=1S/C25H31ClN2O4.C2H6/c1-18-12-20(6-9-24(18)32-15-21(29)13-26)25(2,3)19-4-7-23(8-5-19)31-16-22(30)14-28-11-10-27-17-28;1-2/h4-12,17,21-22,29-30H,13-16H2,1-3H3;1-2H3. The lowest BCUT2D eigenvalue weighted by Gasteiger charge is -2.27. The summed E-state index contributed by atoms with van der Waals surface area (Å²) in [6, 6.07) is 14.1. The van der Waals surface area contributed by atoms with Crippen molar-refractivity contribution in [3.05, 3.63) is 77.9 Å². The van der Waals surface area contributed by atoms with Crippen molar-refractivity contribution in [3.8, 4) is 11.5 Å². The van der Waals surface area contributed by atoms with Crippen LogP contribution < -0.4 is 9.47 Å². The maximum absolute atomic E-state index is 10.1. The molecule has 0 saturated heterocycles. The number of rotatable bonds is 11. The van der Waals surface area contributed by atoms with E-state index in [0.717, 1.165) is 22.4 Å². The lowest BCUT2D eigenvalue weighted by molar-refractivity contribution is 0.0924. The Labute approximate surface area is 208 Å². The summed E-state index contributed by atoms with van der Waals surface area (Å²) >= 11 is 5.63. The summed E-state index contributed by atoms with van der Waals surface area (Å²) in [5.74, 6) is 1.60. The molecule has 0 fully saturated rings. The third-order valence-corrected chi connectivity index (χ3v) is 5.86. The molecule has 2 N–H and O–H groups in total. The fraction of sp³-hybridized carbons (Fsp3) is 0.444. The van der Waals surface area contributed by atoms with Crippen LogP contribution in [0.4, 0.5) is 0 Å². The molecule has 0 aliphatic carbocycles. The van der Waals surface area contributed by atoms with Crippen molar-refractivity contribution < 1.29 is 19.7 Å². The van der Waals surface area contributed by atoms with Crippen LogP contribution >= 0.6 is 11.6 Å². The molecule has 1 aromatic heterocycles. The maximum Gasteiger partial charge on any atom is 0.122 e. The molecule has 0 aliphatic heterocycles. The second-order valence-corrected chi connectivity index (χ2v) is 8.78. The SMILES string of the molecule is CC.Cc1cc(C(C)(C)c2ccc(OCC(O)Cn3ccnc3)cc2)ccc1OCC(O)CCl. The molecule has 186 valence electrons. The number of aliphatic hydroxyl groups is 2. The van der Waals surface area contributed by atoms with Crippen molar-refractivity contribution in [2.24, 2.45) is 0 Å². The van der Waals surface area contributed by atoms with Gasteiger partial charge in [0.1, 0.15) is 36.9 Å². The Morgan fingerprint density at radius 3 is 2.21 bits per heavy atom. The monoisotopic (exact) mass is 488 g/mol. The number of aromatic nitrogens is 2. The molecule has 0 spiro atoms. The summed E-state index contributed by atoms with van der Waals surface area (Å²) in [5.41, 5.74) is 3.08. The van der Waals surface area contributed by atoms with E-state index in [0.29, 0.717) is 12.3 Å². The predicted molar refractivity (Wildman–Crippen MR) is 137 cm³/mol. The zero-order chi connectivity index (χ0) is 25.1. The summed E-state index contributed by atoms with van der Waals surface area (Å²) in [6.45, 7) is 11.2. The van der Waals surface area contributed by atoms with E-state index in [9.17, 15) is 10.2 Å². The van der Waals surface area contributed by atoms with Gasteiger partial charge in [0.05, 0.1) is 18.8 Å². The number of benzene rings is 2. The molecule has 34 heavy (non-hydrogen) atoms. The molecule has 0 aliphatic rings. The highest BCUT2D eigenvalue weighted by atomic mass is 35.5.